The lowest BCUT2D eigenvalue weighted by Crippen LogP contribution is -2.00. The fourth-order valence-electron chi connectivity index (χ4n) is 1.25. The summed E-state index contributed by atoms with van der Waals surface area (Å²) in [4.78, 5) is 18.6. The quantitative estimate of drug-likeness (QED) is 0.790. The zero-order chi connectivity index (χ0) is 11.3. The predicted molar refractivity (Wildman–Crippen MR) is 53.9 cm³/mol. The van der Waals surface area contributed by atoms with Crippen LogP contribution < -0.4 is 4.74 Å². The molecule has 0 aliphatic heterocycles. The lowest BCUT2D eigenvalue weighted by atomic mass is 10.2. The van der Waals surface area contributed by atoms with E-state index in [9.17, 15) is 4.79 Å². The minimum atomic E-state index is -0.784. The van der Waals surface area contributed by atoms with Gasteiger partial charge in [-0.3, -0.25) is 4.79 Å². The summed E-state index contributed by atoms with van der Waals surface area (Å²) in [6.07, 6.45) is 1.37. The van der Waals surface area contributed by atoms with Gasteiger partial charge in [0.2, 0.25) is 5.88 Å². The number of carboxylic acid groups (broad SMARTS) is 1. The summed E-state index contributed by atoms with van der Waals surface area (Å²) in [6, 6.07) is 1.73. The molecule has 0 fully saturated rings. The Bertz CT molecular complexity index is 353. The van der Waals surface area contributed by atoms with Gasteiger partial charge in [-0.1, -0.05) is 0 Å². The molecule has 0 atom stereocenters. The van der Waals surface area contributed by atoms with Crippen LogP contribution in [0.15, 0.2) is 6.07 Å². The van der Waals surface area contributed by atoms with E-state index in [0.29, 0.717) is 24.5 Å². The lowest BCUT2D eigenvalue weighted by Gasteiger charge is -2.03. The normalized spacial score (nSPS) is 10.0. The fourth-order valence-corrected chi connectivity index (χ4v) is 1.25. The van der Waals surface area contributed by atoms with E-state index in [0.717, 1.165) is 5.69 Å². The van der Waals surface area contributed by atoms with Gasteiger partial charge < -0.3 is 9.84 Å². The van der Waals surface area contributed by atoms with Crippen molar-refractivity contribution < 1.29 is 14.6 Å². The standard InChI is InChI=1S/C10H14N2O3/c1-7-11-8(4-3-5-10(13)14)6-9(12-7)15-2/h6H,3-5H2,1-2H3,(H,13,14). The average Bonchev–Trinajstić information content (AvgIpc) is 2.16. The number of ether oxygens (including phenoxy) is 1. The molecule has 5 nitrogen and oxygen atoms in total. The lowest BCUT2D eigenvalue weighted by molar-refractivity contribution is -0.137. The number of aliphatic carboxylic acids is 1. The molecule has 0 spiro atoms. The van der Waals surface area contributed by atoms with E-state index in [1.165, 1.54) is 0 Å². The molecule has 0 saturated carbocycles. The van der Waals surface area contributed by atoms with Gasteiger partial charge in [-0.2, -0.15) is 4.98 Å². The number of aryl methyl sites for hydroxylation is 2. The molecule has 0 saturated heterocycles. The summed E-state index contributed by atoms with van der Waals surface area (Å²) in [5.41, 5.74) is 0.820. The maximum Gasteiger partial charge on any atom is 0.303 e. The average molecular weight is 210 g/mol. The van der Waals surface area contributed by atoms with E-state index in [-0.39, 0.29) is 6.42 Å². The van der Waals surface area contributed by atoms with Crippen LogP contribution in [0, 0.1) is 6.92 Å². The SMILES string of the molecule is COc1cc(CCCC(=O)O)nc(C)n1. The summed E-state index contributed by atoms with van der Waals surface area (Å²) in [5, 5.41) is 8.49. The third-order valence-electron chi connectivity index (χ3n) is 1.90. The minimum absolute atomic E-state index is 0.158. The van der Waals surface area contributed by atoms with E-state index < -0.39 is 5.97 Å². The highest BCUT2D eigenvalue weighted by atomic mass is 16.5. The smallest absolute Gasteiger partial charge is 0.303 e. The van der Waals surface area contributed by atoms with Gasteiger partial charge in [0.15, 0.2) is 0 Å². The molecule has 0 bridgehead atoms. The number of nitrogens with zero attached hydrogens (tertiary/aromatic N) is 2. The number of carboxylic acids is 1. The molecule has 0 aliphatic rings. The van der Waals surface area contributed by atoms with E-state index >= 15 is 0 Å². The molecule has 1 heterocycles. The fraction of sp³-hybridized carbons (Fsp3) is 0.500. The Morgan fingerprint density at radius 2 is 2.27 bits per heavy atom. The predicted octanol–water partition coefficient (Wildman–Crippen LogP) is 1.20. The van der Waals surface area contributed by atoms with Crippen molar-refractivity contribution >= 4 is 5.97 Å². The molecule has 1 aromatic rings. The van der Waals surface area contributed by atoms with Crippen LogP contribution in [0.2, 0.25) is 0 Å². The third kappa shape index (κ3) is 3.93. The second-order valence-electron chi connectivity index (χ2n) is 3.20. The molecule has 0 amide bonds. The Kier molecular flexibility index (Phi) is 4.03. The van der Waals surface area contributed by atoms with Crippen molar-refractivity contribution in [2.24, 2.45) is 0 Å². The highest BCUT2D eigenvalue weighted by Gasteiger charge is 2.03. The van der Waals surface area contributed by atoms with Crippen LogP contribution in [-0.2, 0) is 11.2 Å². The molecule has 1 N–H and O–H groups in total. The van der Waals surface area contributed by atoms with Crippen molar-refractivity contribution in [3.8, 4) is 5.88 Å². The summed E-state index contributed by atoms with van der Waals surface area (Å²) in [5.74, 6) is 0.375. The molecule has 15 heavy (non-hydrogen) atoms. The first-order valence-corrected chi connectivity index (χ1v) is 4.72. The molecule has 82 valence electrons. The van der Waals surface area contributed by atoms with Gasteiger partial charge in [-0.15, -0.1) is 0 Å². The summed E-state index contributed by atoms with van der Waals surface area (Å²) < 4.78 is 5.00. The maximum absolute atomic E-state index is 10.3. The Morgan fingerprint density at radius 1 is 1.53 bits per heavy atom. The van der Waals surface area contributed by atoms with Gasteiger partial charge in [-0.05, 0) is 19.8 Å². The molecule has 0 radical (unpaired) electrons. The Balaban J connectivity index is 2.60. The molecule has 1 aromatic heterocycles. The van der Waals surface area contributed by atoms with E-state index in [1.54, 1.807) is 20.1 Å². The van der Waals surface area contributed by atoms with Crippen molar-refractivity contribution in [1.29, 1.82) is 0 Å². The highest BCUT2D eigenvalue weighted by molar-refractivity contribution is 5.66. The zero-order valence-electron chi connectivity index (χ0n) is 8.86. The first-order chi connectivity index (χ1) is 7.11. The van der Waals surface area contributed by atoms with Crippen molar-refractivity contribution in [1.82, 2.24) is 9.97 Å². The first kappa shape index (κ1) is 11.4. The topological polar surface area (TPSA) is 72.3 Å². The molecule has 5 heteroatoms. The number of aromatic nitrogens is 2. The number of hydrogen-bond acceptors (Lipinski definition) is 4. The molecular formula is C10H14N2O3. The number of hydrogen-bond donors (Lipinski definition) is 1. The largest absolute Gasteiger partial charge is 0.481 e. The van der Waals surface area contributed by atoms with E-state index in [1.807, 2.05) is 0 Å². The number of carbonyl (C=O) groups is 1. The van der Waals surface area contributed by atoms with Crippen LogP contribution in [-0.4, -0.2) is 28.2 Å². The van der Waals surface area contributed by atoms with Crippen LogP contribution in [0.5, 0.6) is 5.88 Å². The first-order valence-electron chi connectivity index (χ1n) is 4.72. The monoisotopic (exact) mass is 210 g/mol. The van der Waals surface area contributed by atoms with E-state index in [4.69, 9.17) is 9.84 Å². The van der Waals surface area contributed by atoms with Gasteiger partial charge in [0.05, 0.1) is 7.11 Å². The molecule has 0 unspecified atom stereocenters. The van der Waals surface area contributed by atoms with Gasteiger partial charge in [0.25, 0.3) is 0 Å². The van der Waals surface area contributed by atoms with Crippen molar-refractivity contribution in [3.63, 3.8) is 0 Å². The minimum Gasteiger partial charge on any atom is -0.481 e. The number of methoxy groups -OCH3 is 1. The van der Waals surface area contributed by atoms with Gasteiger partial charge in [-0.25, -0.2) is 4.98 Å². The van der Waals surface area contributed by atoms with Crippen molar-refractivity contribution in [2.75, 3.05) is 7.11 Å². The van der Waals surface area contributed by atoms with Crippen LogP contribution >= 0.6 is 0 Å². The Morgan fingerprint density at radius 3 is 2.87 bits per heavy atom. The van der Waals surface area contributed by atoms with Crippen LogP contribution in [0.3, 0.4) is 0 Å². The molecule has 0 aliphatic carbocycles. The van der Waals surface area contributed by atoms with Crippen molar-refractivity contribution in [2.45, 2.75) is 26.2 Å². The van der Waals surface area contributed by atoms with Gasteiger partial charge in [0, 0.05) is 18.2 Å². The maximum atomic E-state index is 10.3. The van der Waals surface area contributed by atoms with Crippen molar-refractivity contribution in [3.05, 3.63) is 17.6 Å². The second-order valence-corrected chi connectivity index (χ2v) is 3.20. The molecular weight excluding hydrogens is 196 g/mol. The van der Waals surface area contributed by atoms with Crippen LogP contribution in [0.25, 0.3) is 0 Å². The molecule has 0 aromatic carbocycles. The van der Waals surface area contributed by atoms with Gasteiger partial charge in [0.1, 0.15) is 5.82 Å². The second kappa shape index (κ2) is 5.29. The summed E-state index contributed by atoms with van der Waals surface area (Å²) in [7, 11) is 1.54. The van der Waals surface area contributed by atoms with Crippen LogP contribution in [0.4, 0.5) is 0 Å². The third-order valence-corrected chi connectivity index (χ3v) is 1.90. The summed E-state index contributed by atoms with van der Waals surface area (Å²) in [6.45, 7) is 1.78. The molecule has 1 rings (SSSR count). The Hall–Kier alpha value is -1.65. The van der Waals surface area contributed by atoms with Gasteiger partial charge >= 0.3 is 5.97 Å². The van der Waals surface area contributed by atoms with Crippen LogP contribution in [0.1, 0.15) is 24.4 Å². The zero-order valence-corrected chi connectivity index (χ0v) is 8.86. The highest BCUT2D eigenvalue weighted by Crippen LogP contribution is 2.10. The summed E-state index contributed by atoms with van der Waals surface area (Å²) >= 11 is 0. The Labute approximate surface area is 88.1 Å². The van der Waals surface area contributed by atoms with E-state index in [2.05, 4.69) is 9.97 Å². The number of rotatable bonds is 5.